The Labute approximate surface area is 233 Å². The number of hydrogen-bond acceptors (Lipinski definition) is 5. The van der Waals surface area contributed by atoms with Crippen molar-refractivity contribution in [1.82, 2.24) is 24.6 Å². The van der Waals surface area contributed by atoms with Gasteiger partial charge in [-0.05, 0) is 57.0 Å². The minimum atomic E-state index is -4.15. The molecule has 182 valence electrons. The number of hydrogen-bond donors (Lipinski definition) is 1. The summed E-state index contributed by atoms with van der Waals surface area (Å²) < 4.78 is 31.3. The number of sulfonamides is 1. The summed E-state index contributed by atoms with van der Waals surface area (Å²) in [4.78, 5) is 16.0. The number of nitrogens with one attached hydrogen (secondary N) is 1. The Bertz CT molecular complexity index is 1440. The van der Waals surface area contributed by atoms with Crippen molar-refractivity contribution in [2.24, 2.45) is 7.05 Å². The summed E-state index contributed by atoms with van der Waals surface area (Å²) in [5.74, 6) is 0.513. The van der Waals surface area contributed by atoms with Crippen molar-refractivity contribution in [2.75, 3.05) is 6.54 Å². The van der Waals surface area contributed by atoms with E-state index in [-0.39, 0.29) is 41.1 Å². The Kier molecular flexibility index (Phi) is 8.78. The van der Waals surface area contributed by atoms with Crippen LogP contribution in [-0.2, 0) is 23.5 Å². The Morgan fingerprint density at radius 2 is 1.69 bits per heavy atom. The number of rotatable bonds is 7. The molecule has 1 N–H and O–H groups in total. The standard InChI is InChI=1S/C25H28N6O3S.Na/c1-17-24(21-8-6-5-7-9-21)18(2)31(28-17)22-12-10-20(11-13-22)14-15-26-25(32)29-35(33,34)23-16-30(4)19(3)27-23;/h5-13,16H,14-15H2,1-4H3,(H2,26,29,32);/q;+1/p-1. The van der Waals surface area contributed by atoms with Crippen LogP contribution < -0.4 is 34.9 Å². The van der Waals surface area contributed by atoms with Crippen LogP contribution in [-0.4, -0.2) is 40.3 Å². The van der Waals surface area contributed by atoms with Crippen LogP contribution in [0.4, 0.5) is 4.79 Å². The van der Waals surface area contributed by atoms with E-state index in [1.165, 1.54) is 6.20 Å². The van der Waals surface area contributed by atoms with E-state index in [1.807, 2.05) is 54.1 Å². The number of aryl methyl sites for hydroxylation is 3. The molecule has 0 saturated carbocycles. The summed E-state index contributed by atoms with van der Waals surface area (Å²) in [7, 11) is -2.48. The van der Waals surface area contributed by atoms with Crippen LogP contribution >= 0.6 is 0 Å². The fourth-order valence-electron chi connectivity index (χ4n) is 3.87. The van der Waals surface area contributed by atoms with E-state index in [4.69, 9.17) is 5.10 Å². The van der Waals surface area contributed by atoms with Crippen molar-refractivity contribution in [2.45, 2.75) is 32.2 Å². The van der Waals surface area contributed by atoms with Crippen LogP contribution in [0, 0.1) is 20.8 Å². The number of amides is 2. The van der Waals surface area contributed by atoms with E-state index in [9.17, 15) is 13.2 Å². The molecule has 0 bridgehead atoms. The minimum absolute atomic E-state index is 0. The molecule has 0 aliphatic carbocycles. The molecule has 4 rings (SSSR count). The van der Waals surface area contributed by atoms with Crippen LogP contribution in [0.1, 0.15) is 22.8 Å². The predicted octanol–water partition coefficient (Wildman–Crippen LogP) is 1.22. The van der Waals surface area contributed by atoms with E-state index < -0.39 is 16.1 Å². The van der Waals surface area contributed by atoms with Crippen molar-refractivity contribution >= 4 is 16.1 Å². The first-order valence-electron chi connectivity index (χ1n) is 11.1. The first kappa shape index (κ1) is 27.7. The maximum atomic E-state index is 12.2. The van der Waals surface area contributed by atoms with Gasteiger partial charge in [-0.25, -0.2) is 18.1 Å². The Balaban J connectivity index is 0.00000361. The third kappa shape index (κ3) is 6.07. The van der Waals surface area contributed by atoms with Crippen molar-refractivity contribution in [3.05, 3.63) is 88.3 Å². The molecule has 0 fully saturated rings. The molecule has 9 nitrogen and oxygen atoms in total. The van der Waals surface area contributed by atoms with E-state index in [2.05, 4.69) is 34.1 Å². The van der Waals surface area contributed by atoms with E-state index in [0.29, 0.717) is 12.2 Å². The summed E-state index contributed by atoms with van der Waals surface area (Å²) in [5.41, 5.74) is 6.19. The number of imidazole rings is 1. The van der Waals surface area contributed by atoms with Crippen LogP contribution in [0.25, 0.3) is 21.5 Å². The monoisotopic (exact) mass is 514 g/mol. The zero-order valence-corrected chi connectivity index (χ0v) is 23.9. The number of carbonyl (C=O) groups excluding carboxylic acids is 1. The normalized spacial score (nSPS) is 11.1. The molecule has 0 aliphatic rings. The molecule has 11 heteroatoms. The second-order valence-electron chi connectivity index (χ2n) is 8.28. The van der Waals surface area contributed by atoms with Crippen LogP contribution in [0.5, 0.6) is 0 Å². The smallest absolute Gasteiger partial charge is 0.448 e. The van der Waals surface area contributed by atoms with E-state index in [1.54, 1.807) is 18.5 Å². The van der Waals surface area contributed by atoms with Crippen molar-refractivity contribution in [1.29, 1.82) is 0 Å². The van der Waals surface area contributed by atoms with Gasteiger partial charge in [0.2, 0.25) is 10.0 Å². The summed E-state index contributed by atoms with van der Waals surface area (Å²) >= 11 is 0. The van der Waals surface area contributed by atoms with Gasteiger partial charge < -0.3 is 14.6 Å². The summed E-state index contributed by atoms with van der Waals surface area (Å²) in [6.07, 6.45) is 1.85. The second kappa shape index (κ2) is 11.4. The molecule has 4 aromatic rings. The average molecular weight is 515 g/mol. The zero-order chi connectivity index (χ0) is 25.2. The predicted molar refractivity (Wildman–Crippen MR) is 134 cm³/mol. The summed E-state index contributed by atoms with van der Waals surface area (Å²) in [5, 5.41) is 7.00. The number of aromatic nitrogens is 4. The quantitative estimate of drug-likeness (QED) is 0.373. The average Bonchev–Trinajstić information content (AvgIpc) is 3.32. The maximum Gasteiger partial charge on any atom is 1.00 e. The topological polar surface area (TPSA) is 113 Å². The third-order valence-corrected chi connectivity index (χ3v) is 6.91. The first-order valence-corrected chi connectivity index (χ1v) is 12.6. The SMILES string of the molecule is Cc1nn(-c2ccc(CCNC(=O)[N-]S(=O)(=O)c3cn(C)c(C)n3)cc2)c(C)c1-c1ccccc1.[Na+]. The fraction of sp³-hybridized carbons (Fsp3) is 0.240. The Hall–Kier alpha value is -2.92. The molecule has 0 unspecified atom stereocenters. The number of nitrogens with zero attached hydrogens (tertiary/aromatic N) is 5. The van der Waals surface area contributed by atoms with Gasteiger partial charge in [-0.3, -0.25) is 4.79 Å². The summed E-state index contributed by atoms with van der Waals surface area (Å²) in [6, 6.07) is 17.1. The molecule has 2 amide bonds. The molecule has 0 atom stereocenters. The molecule has 0 aliphatic heterocycles. The molecule has 0 spiro atoms. The van der Waals surface area contributed by atoms with Gasteiger partial charge in [0, 0.05) is 24.5 Å². The van der Waals surface area contributed by atoms with Gasteiger partial charge >= 0.3 is 29.6 Å². The van der Waals surface area contributed by atoms with Crippen LogP contribution in [0.3, 0.4) is 0 Å². The molecule has 36 heavy (non-hydrogen) atoms. The van der Waals surface area contributed by atoms with Crippen molar-refractivity contribution in [3.63, 3.8) is 0 Å². The van der Waals surface area contributed by atoms with Gasteiger partial charge in [0.1, 0.15) is 5.82 Å². The van der Waals surface area contributed by atoms with Crippen molar-refractivity contribution in [3.8, 4) is 16.8 Å². The third-order valence-electron chi connectivity index (χ3n) is 5.78. The van der Waals surface area contributed by atoms with Gasteiger partial charge in [-0.2, -0.15) is 5.10 Å². The van der Waals surface area contributed by atoms with Gasteiger partial charge in [0.15, 0.2) is 11.1 Å². The molecule has 2 aromatic heterocycles. The molecule has 2 aromatic carbocycles. The van der Waals surface area contributed by atoms with Gasteiger partial charge in [0.05, 0.1) is 11.4 Å². The number of carbonyl (C=O) groups is 1. The maximum absolute atomic E-state index is 12.2. The van der Waals surface area contributed by atoms with Gasteiger partial charge in [0.25, 0.3) is 0 Å². The summed E-state index contributed by atoms with van der Waals surface area (Å²) in [6.45, 7) is 5.97. The number of urea groups is 1. The Morgan fingerprint density at radius 3 is 2.31 bits per heavy atom. The van der Waals surface area contributed by atoms with Gasteiger partial charge in [-0.1, -0.05) is 42.5 Å². The molecular formula is C25H27N6NaO3S. The van der Waals surface area contributed by atoms with Crippen LogP contribution in [0.2, 0.25) is 0 Å². The first-order chi connectivity index (χ1) is 16.7. The molecule has 2 heterocycles. The Morgan fingerprint density at radius 1 is 1.03 bits per heavy atom. The van der Waals surface area contributed by atoms with Crippen LogP contribution in [0.15, 0.2) is 65.8 Å². The zero-order valence-electron chi connectivity index (χ0n) is 21.1. The molecule has 0 saturated heterocycles. The number of benzene rings is 2. The molecule has 0 radical (unpaired) electrons. The minimum Gasteiger partial charge on any atom is -0.448 e. The fourth-order valence-corrected chi connectivity index (χ4v) is 4.79. The molecular weight excluding hydrogens is 487 g/mol. The van der Waals surface area contributed by atoms with E-state index >= 15 is 0 Å². The van der Waals surface area contributed by atoms with E-state index in [0.717, 1.165) is 33.8 Å². The largest absolute Gasteiger partial charge is 1.00 e. The second-order valence-corrected chi connectivity index (χ2v) is 9.83. The van der Waals surface area contributed by atoms with Crippen molar-refractivity contribution < 1.29 is 42.8 Å². The van der Waals surface area contributed by atoms with Gasteiger partial charge in [-0.15, -0.1) is 0 Å².